The molecule has 144 valence electrons. The zero-order chi connectivity index (χ0) is 20.1. The van der Waals surface area contributed by atoms with Gasteiger partial charge in [-0.2, -0.15) is 0 Å². The van der Waals surface area contributed by atoms with E-state index in [1.165, 1.54) is 4.90 Å². The van der Waals surface area contributed by atoms with Crippen LogP contribution in [0.5, 0.6) is 5.75 Å². The van der Waals surface area contributed by atoms with Crippen LogP contribution in [0.1, 0.15) is 15.9 Å². The number of hydrogen-bond acceptors (Lipinski definition) is 4. The normalized spacial score (nSPS) is 10.5. The lowest BCUT2D eigenvalue weighted by Crippen LogP contribution is -2.30. The number of amides is 1. The van der Waals surface area contributed by atoms with E-state index in [4.69, 9.17) is 21.1 Å². The molecule has 0 fully saturated rings. The fraction of sp³-hybridized carbons (Fsp3) is 0.182. The van der Waals surface area contributed by atoms with Crippen molar-refractivity contribution >= 4 is 34.2 Å². The maximum Gasteiger partial charge on any atom is 0.338 e. The van der Waals surface area contributed by atoms with Crippen LogP contribution in [0.15, 0.2) is 60.7 Å². The second-order valence-electron chi connectivity index (χ2n) is 6.38. The first-order chi connectivity index (χ1) is 13.5. The third-order valence-electron chi connectivity index (χ3n) is 4.36. The van der Waals surface area contributed by atoms with Gasteiger partial charge in [0.15, 0.2) is 6.61 Å². The highest BCUT2D eigenvalue weighted by Gasteiger charge is 2.14. The summed E-state index contributed by atoms with van der Waals surface area (Å²) in [6.07, 6.45) is 0. The maximum atomic E-state index is 12.3. The van der Waals surface area contributed by atoms with Crippen LogP contribution in [-0.4, -0.2) is 37.5 Å². The van der Waals surface area contributed by atoms with Crippen LogP contribution in [0.4, 0.5) is 0 Å². The molecule has 6 heteroatoms. The molecule has 3 aromatic carbocycles. The predicted molar refractivity (Wildman–Crippen MR) is 109 cm³/mol. The smallest absolute Gasteiger partial charge is 0.338 e. The van der Waals surface area contributed by atoms with E-state index in [0.717, 1.165) is 22.1 Å². The lowest BCUT2D eigenvalue weighted by Gasteiger charge is -2.17. The van der Waals surface area contributed by atoms with Crippen LogP contribution in [0, 0.1) is 0 Å². The molecule has 0 radical (unpaired) electrons. The monoisotopic (exact) mass is 397 g/mol. The number of rotatable bonds is 6. The molecule has 0 saturated carbocycles. The summed E-state index contributed by atoms with van der Waals surface area (Å²) in [6.45, 7) is 0.0992. The molecule has 3 aromatic rings. The third-order valence-corrected chi connectivity index (χ3v) is 4.62. The largest absolute Gasteiger partial charge is 0.497 e. The Bertz CT molecular complexity index is 1000. The van der Waals surface area contributed by atoms with E-state index >= 15 is 0 Å². The van der Waals surface area contributed by atoms with Crippen molar-refractivity contribution in [1.82, 2.24) is 4.90 Å². The van der Waals surface area contributed by atoms with Gasteiger partial charge >= 0.3 is 5.97 Å². The molecule has 0 aliphatic heterocycles. The summed E-state index contributed by atoms with van der Waals surface area (Å²) < 4.78 is 10.3. The Balaban J connectivity index is 1.58. The van der Waals surface area contributed by atoms with Gasteiger partial charge in [-0.25, -0.2) is 4.79 Å². The maximum absolute atomic E-state index is 12.3. The molecule has 0 N–H and O–H groups in total. The van der Waals surface area contributed by atoms with E-state index in [0.29, 0.717) is 17.1 Å². The number of likely N-dealkylation sites (N-methyl/N-ethyl adjacent to an activating group) is 1. The molecule has 0 bridgehead atoms. The van der Waals surface area contributed by atoms with E-state index in [9.17, 15) is 9.59 Å². The summed E-state index contributed by atoms with van der Waals surface area (Å²) in [5.41, 5.74) is 1.34. The Morgan fingerprint density at radius 1 is 0.964 bits per heavy atom. The zero-order valence-electron chi connectivity index (χ0n) is 15.6. The highest BCUT2D eigenvalue weighted by atomic mass is 35.5. The van der Waals surface area contributed by atoms with E-state index in [1.807, 2.05) is 36.4 Å². The highest BCUT2D eigenvalue weighted by molar-refractivity contribution is 6.30. The molecule has 0 aliphatic rings. The average molecular weight is 398 g/mol. The molecule has 1 amide bonds. The lowest BCUT2D eigenvalue weighted by molar-refractivity contribution is -0.133. The van der Waals surface area contributed by atoms with Gasteiger partial charge in [-0.15, -0.1) is 0 Å². The summed E-state index contributed by atoms with van der Waals surface area (Å²) >= 11 is 5.79. The molecule has 0 saturated heterocycles. The number of carbonyl (C=O) groups is 2. The minimum absolute atomic E-state index is 0.280. The standard InChI is InChI=1S/C22H20ClNO4/c1-24(21(25)14-28-22(26)16-5-8-19(23)9-6-16)13-15-3-4-18-12-20(27-2)10-7-17(18)11-15/h3-12H,13-14H2,1-2H3. The van der Waals surface area contributed by atoms with E-state index in [1.54, 1.807) is 38.4 Å². The summed E-state index contributed by atoms with van der Waals surface area (Å²) in [7, 11) is 3.31. The Morgan fingerprint density at radius 3 is 2.36 bits per heavy atom. The number of benzene rings is 3. The van der Waals surface area contributed by atoms with Gasteiger partial charge in [-0.05, 0) is 58.8 Å². The summed E-state index contributed by atoms with van der Waals surface area (Å²) in [5.74, 6) is -0.0368. The van der Waals surface area contributed by atoms with Gasteiger partial charge in [0.25, 0.3) is 5.91 Å². The van der Waals surface area contributed by atoms with Crippen LogP contribution in [0.3, 0.4) is 0 Å². The lowest BCUT2D eigenvalue weighted by atomic mass is 10.1. The van der Waals surface area contributed by atoms with Crippen LogP contribution >= 0.6 is 11.6 Å². The van der Waals surface area contributed by atoms with Gasteiger partial charge in [0, 0.05) is 18.6 Å². The van der Waals surface area contributed by atoms with Crippen molar-refractivity contribution in [1.29, 1.82) is 0 Å². The minimum Gasteiger partial charge on any atom is -0.497 e. The molecule has 28 heavy (non-hydrogen) atoms. The summed E-state index contributed by atoms with van der Waals surface area (Å²) in [6, 6.07) is 18.1. The van der Waals surface area contributed by atoms with Gasteiger partial charge in [0.2, 0.25) is 0 Å². The molecule has 0 unspecified atom stereocenters. The first-order valence-electron chi connectivity index (χ1n) is 8.69. The van der Waals surface area contributed by atoms with Crippen molar-refractivity contribution in [2.24, 2.45) is 0 Å². The number of methoxy groups -OCH3 is 1. The van der Waals surface area contributed by atoms with Gasteiger partial charge < -0.3 is 14.4 Å². The third kappa shape index (κ3) is 4.81. The van der Waals surface area contributed by atoms with Crippen molar-refractivity contribution in [3.05, 3.63) is 76.8 Å². The quantitative estimate of drug-likeness (QED) is 0.581. The molecule has 5 nitrogen and oxygen atoms in total. The van der Waals surface area contributed by atoms with E-state index < -0.39 is 5.97 Å². The van der Waals surface area contributed by atoms with Crippen molar-refractivity contribution in [3.63, 3.8) is 0 Å². The van der Waals surface area contributed by atoms with E-state index in [2.05, 4.69) is 0 Å². The first kappa shape index (κ1) is 19.7. The minimum atomic E-state index is -0.557. The number of nitrogens with zero attached hydrogens (tertiary/aromatic N) is 1. The van der Waals surface area contributed by atoms with Crippen molar-refractivity contribution in [2.75, 3.05) is 20.8 Å². The highest BCUT2D eigenvalue weighted by Crippen LogP contribution is 2.22. The van der Waals surface area contributed by atoms with Crippen LogP contribution in [-0.2, 0) is 16.1 Å². The van der Waals surface area contributed by atoms with Gasteiger partial charge in [-0.1, -0.05) is 29.8 Å². The second-order valence-corrected chi connectivity index (χ2v) is 6.82. The molecule has 3 rings (SSSR count). The summed E-state index contributed by atoms with van der Waals surface area (Å²) in [4.78, 5) is 25.8. The Labute approximate surface area is 168 Å². The molecule has 0 spiro atoms. The number of hydrogen-bond donors (Lipinski definition) is 0. The average Bonchev–Trinajstić information content (AvgIpc) is 2.71. The molecule has 0 aliphatic carbocycles. The van der Waals surface area contributed by atoms with Gasteiger partial charge in [-0.3, -0.25) is 4.79 Å². The number of carbonyl (C=O) groups excluding carboxylic acids is 2. The van der Waals surface area contributed by atoms with Gasteiger partial charge in [0.1, 0.15) is 5.75 Å². The Hall–Kier alpha value is -3.05. The van der Waals surface area contributed by atoms with Crippen LogP contribution in [0.2, 0.25) is 5.02 Å². The van der Waals surface area contributed by atoms with Crippen molar-refractivity contribution in [2.45, 2.75) is 6.54 Å². The Morgan fingerprint density at radius 2 is 1.64 bits per heavy atom. The SMILES string of the molecule is COc1ccc2cc(CN(C)C(=O)COC(=O)c3ccc(Cl)cc3)ccc2c1. The van der Waals surface area contributed by atoms with Crippen LogP contribution in [0.25, 0.3) is 10.8 Å². The van der Waals surface area contributed by atoms with Crippen molar-refractivity contribution in [3.8, 4) is 5.75 Å². The number of fused-ring (bicyclic) bond motifs is 1. The zero-order valence-corrected chi connectivity index (χ0v) is 16.4. The number of esters is 1. The fourth-order valence-corrected chi connectivity index (χ4v) is 2.89. The van der Waals surface area contributed by atoms with Crippen LogP contribution < -0.4 is 4.74 Å². The number of ether oxygens (including phenoxy) is 2. The van der Waals surface area contributed by atoms with Gasteiger partial charge in [0.05, 0.1) is 12.7 Å². The summed E-state index contributed by atoms with van der Waals surface area (Å²) in [5, 5.41) is 2.66. The Kier molecular flexibility index (Phi) is 6.16. The topological polar surface area (TPSA) is 55.8 Å². The number of halogens is 1. The van der Waals surface area contributed by atoms with E-state index in [-0.39, 0.29) is 12.5 Å². The molecule has 0 atom stereocenters. The first-order valence-corrected chi connectivity index (χ1v) is 9.07. The molecule has 0 heterocycles. The molecular weight excluding hydrogens is 378 g/mol. The van der Waals surface area contributed by atoms with Crippen molar-refractivity contribution < 1.29 is 19.1 Å². The second kappa shape index (κ2) is 8.76. The molecular formula is C22H20ClNO4. The fourth-order valence-electron chi connectivity index (χ4n) is 2.77. The predicted octanol–water partition coefficient (Wildman–Crippen LogP) is 4.32. The molecule has 0 aromatic heterocycles.